The summed E-state index contributed by atoms with van der Waals surface area (Å²) in [6, 6.07) is 0. The monoisotopic (exact) mass is 826 g/mol. The molecule has 0 aliphatic rings. The van der Waals surface area contributed by atoms with Crippen molar-refractivity contribution in [3.8, 4) is 0 Å². The first-order valence-electron chi connectivity index (χ1n) is 21.2. The number of ether oxygens (including phenoxy) is 2. The fourth-order valence-corrected chi connectivity index (χ4v) is 5.46. The molecule has 0 aliphatic heterocycles. The summed E-state index contributed by atoms with van der Waals surface area (Å²) in [5.74, 6) is -0.997. The lowest BCUT2D eigenvalue weighted by molar-refractivity contribution is -0.870. The Kier molecular flexibility index (Phi) is 36.5. The maximum absolute atomic E-state index is 12.7. The van der Waals surface area contributed by atoms with Gasteiger partial charge in [0.15, 0.2) is 6.10 Å². The summed E-state index contributed by atoms with van der Waals surface area (Å²) in [6.07, 6.45) is 54.0. The molecule has 0 bridgehead atoms. The molecule has 0 radical (unpaired) electrons. The summed E-state index contributed by atoms with van der Waals surface area (Å²) in [4.78, 5) is 37.4. The van der Waals surface area contributed by atoms with E-state index in [1.807, 2.05) is 33.3 Å². The fraction of sp³-hybridized carbons (Fsp3) is 0.542. The van der Waals surface area contributed by atoms with Crippen molar-refractivity contribution in [2.75, 3.05) is 47.5 Å². The predicted octanol–water partition coefficient (Wildman–Crippen LogP) is 11.5. The van der Waals surface area contributed by atoms with E-state index in [1.165, 1.54) is 0 Å². The van der Waals surface area contributed by atoms with Crippen LogP contribution in [-0.4, -0.2) is 70.0 Å². The van der Waals surface area contributed by atoms with Crippen LogP contribution in [0.1, 0.15) is 117 Å². The maximum atomic E-state index is 12.7. The highest BCUT2D eigenvalue weighted by molar-refractivity contribution is 7.45. The molecule has 326 valence electrons. The molecule has 10 heteroatoms. The second-order valence-electron chi connectivity index (χ2n) is 14.6. The lowest BCUT2D eigenvalue weighted by Gasteiger charge is -2.28. The highest BCUT2D eigenvalue weighted by Gasteiger charge is 2.21. The molecule has 2 atom stereocenters. The van der Waals surface area contributed by atoms with Crippen molar-refractivity contribution in [1.82, 2.24) is 0 Å². The van der Waals surface area contributed by atoms with Gasteiger partial charge in [0.2, 0.25) is 0 Å². The first-order chi connectivity index (χ1) is 28.0. The highest BCUT2D eigenvalue weighted by atomic mass is 31.2. The Morgan fingerprint density at radius 2 is 0.948 bits per heavy atom. The van der Waals surface area contributed by atoms with E-state index in [-0.39, 0.29) is 26.1 Å². The van der Waals surface area contributed by atoms with E-state index < -0.39 is 32.5 Å². The van der Waals surface area contributed by atoms with Gasteiger partial charge in [0.1, 0.15) is 19.8 Å². The summed E-state index contributed by atoms with van der Waals surface area (Å²) in [6.45, 7) is 3.81. The lowest BCUT2D eigenvalue weighted by Crippen LogP contribution is -2.37. The minimum absolute atomic E-state index is 0.0578. The number of phosphoric acid groups is 1. The Hall–Kier alpha value is -3.59. The number of phosphoric ester groups is 1. The van der Waals surface area contributed by atoms with Gasteiger partial charge in [0, 0.05) is 12.8 Å². The number of carbonyl (C=O) groups is 2. The van der Waals surface area contributed by atoms with Gasteiger partial charge in [-0.3, -0.25) is 14.2 Å². The molecule has 0 N–H and O–H groups in total. The minimum Gasteiger partial charge on any atom is -0.756 e. The first-order valence-corrected chi connectivity index (χ1v) is 22.7. The first kappa shape index (κ1) is 54.4. The number of carbonyl (C=O) groups excluding carboxylic acids is 2. The molecule has 0 rings (SSSR count). The standard InChI is InChI=1S/C48H76NO8P/c1-6-8-10-12-14-16-18-20-21-22-23-24-25-26-27-29-31-33-35-37-39-41-48(51)57-46(45-56-58(52,53)55-43-42-49(3,4)5)44-54-47(50)40-38-36-34-32-30-28-19-17-15-13-11-9-7-2/h8-11,14-17,20-21,23-24,26-28,30-31,33-34,36,46H,6-7,12-13,18-19,22,25,29,32,35,37-45H2,1-5H3/b10-8-,11-9-,16-14-,17-15-,21-20-,24-23-,27-26-,30-28-,33-31-,36-34-. The number of esters is 2. The predicted molar refractivity (Wildman–Crippen MR) is 240 cm³/mol. The van der Waals surface area contributed by atoms with E-state index >= 15 is 0 Å². The van der Waals surface area contributed by atoms with Gasteiger partial charge in [-0.1, -0.05) is 135 Å². The van der Waals surface area contributed by atoms with Gasteiger partial charge >= 0.3 is 11.9 Å². The quantitative estimate of drug-likeness (QED) is 0.0202. The molecule has 0 saturated carbocycles. The molecule has 0 aliphatic carbocycles. The summed E-state index contributed by atoms with van der Waals surface area (Å²) in [7, 11) is 1.07. The summed E-state index contributed by atoms with van der Waals surface area (Å²) < 4.78 is 33.7. The average molecular weight is 826 g/mol. The van der Waals surface area contributed by atoms with Crippen LogP contribution in [0.3, 0.4) is 0 Å². The third-order valence-corrected chi connectivity index (χ3v) is 8.95. The lowest BCUT2D eigenvalue weighted by atomic mass is 10.2. The Bertz CT molecular complexity index is 1390. The molecular weight excluding hydrogens is 750 g/mol. The summed E-state index contributed by atoms with van der Waals surface area (Å²) in [5.41, 5.74) is 0. The molecular formula is C48H76NO8P. The van der Waals surface area contributed by atoms with E-state index in [2.05, 4.69) is 123 Å². The van der Waals surface area contributed by atoms with Crippen molar-refractivity contribution in [3.63, 3.8) is 0 Å². The van der Waals surface area contributed by atoms with E-state index in [1.54, 1.807) is 0 Å². The molecule has 0 aromatic rings. The Balaban J connectivity index is 4.57. The van der Waals surface area contributed by atoms with Gasteiger partial charge in [-0.2, -0.15) is 0 Å². The van der Waals surface area contributed by atoms with E-state index in [0.29, 0.717) is 23.9 Å². The van der Waals surface area contributed by atoms with Crippen LogP contribution < -0.4 is 4.89 Å². The second kappa shape index (κ2) is 38.9. The van der Waals surface area contributed by atoms with Gasteiger partial charge < -0.3 is 27.9 Å². The van der Waals surface area contributed by atoms with Crippen LogP contribution in [0.2, 0.25) is 0 Å². The maximum Gasteiger partial charge on any atom is 0.306 e. The van der Waals surface area contributed by atoms with Crippen LogP contribution in [0, 0.1) is 0 Å². The number of hydrogen-bond donors (Lipinski definition) is 0. The molecule has 2 unspecified atom stereocenters. The number of hydrogen-bond acceptors (Lipinski definition) is 8. The molecule has 9 nitrogen and oxygen atoms in total. The van der Waals surface area contributed by atoms with Gasteiger partial charge in [0.05, 0.1) is 27.7 Å². The number of quaternary nitrogens is 1. The molecule has 0 saturated heterocycles. The van der Waals surface area contributed by atoms with Crippen LogP contribution in [0.15, 0.2) is 122 Å². The van der Waals surface area contributed by atoms with Gasteiger partial charge in [-0.25, -0.2) is 0 Å². The van der Waals surface area contributed by atoms with Crippen molar-refractivity contribution in [3.05, 3.63) is 122 Å². The molecule has 0 amide bonds. The van der Waals surface area contributed by atoms with Crippen LogP contribution in [0.25, 0.3) is 0 Å². The molecule has 0 aromatic heterocycles. The topological polar surface area (TPSA) is 111 Å². The molecule has 0 fully saturated rings. The normalized spacial score (nSPS) is 14.8. The van der Waals surface area contributed by atoms with Crippen molar-refractivity contribution >= 4 is 19.8 Å². The van der Waals surface area contributed by atoms with Crippen LogP contribution in [0.4, 0.5) is 0 Å². The number of unbranched alkanes of at least 4 members (excludes halogenated alkanes) is 2. The largest absolute Gasteiger partial charge is 0.756 e. The summed E-state index contributed by atoms with van der Waals surface area (Å²) in [5, 5.41) is 0. The van der Waals surface area contributed by atoms with Crippen molar-refractivity contribution < 1.29 is 42.1 Å². The smallest absolute Gasteiger partial charge is 0.306 e. The average Bonchev–Trinajstić information content (AvgIpc) is 3.17. The van der Waals surface area contributed by atoms with E-state index in [9.17, 15) is 19.0 Å². The zero-order valence-corrected chi connectivity index (χ0v) is 37.3. The fourth-order valence-electron chi connectivity index (χ4n) is 4.73. The van der Waals surface area contributed by atoms with Gasteiger partial charge in [0.25, 0.3) is 7.82 Å². The van der Waals surface area contributed by atoms with Gasteiger partial charge in [-0.05, 0) is 89.9 Å². The van der Waals surface area contributed by atoms with Crippen LogP contribution in [-0.2, 0) is 32.7 Å². The number of nitrogens with zero attached hydrogens (tertiary/aromatic N) is 1. The Labute approximate surface area is 352 Å². The van der Waals surface area contributed by atoms with Crippen LogP contribution >= 0.6 is 7.82 Å². The van der Waals surface area contributed by atoms with Crippen molar-refractivity contribution in [1.29, 1.82) is 0 Å². The minimum atomic E-state index is -4.66. The third-order valence-electron chi connectivity index (χ3n) is 7.99. The van der Waals surface area contributed by atoms with E-state index in [0.717, 1.165) is 77.0 Å². The Morgan fingerprint density at radius 3 is 1.38 bits per heavy atom. The van der Waals surface area contributed by atoms with Gasteiger partial charge in [-0.15, -0.1) is 0 Å². The molecule has 0 spiro atoms. The number of rotatable bonds is 36. The number of likely N-dealkylation sites (N-methyl/N-ethyl adjacent to an activating group) is 1. The highest BCUT2D eigenvalue weighted by Crippen LogP contribution is 2.38. The zero-order chi connectivity index (χ0) is 42.8. The number of allylic oxidation sites excluding steroid dienone is 20. The van der Waals surface area contributed by atoms with Crippen LogP contribution in [0.5, 0.6) is 0 Å². The van der Waals surface area contributed by atoms with E-state index in [4.69, 9.17) is 18.5 Å². The molecule has 0 aromatic carbocycles. The third kappa shape index (κ3) is 42.0. The molecule has 58 heavy (non-hydrogen) atoms. The Morgan fingerprint density at radius 1 is 0.534 bits per heavy atom. The summed E-state index contributed by atoms with van der Waals surface area (Å²) >= 11 is 0. The zero-order valence-electron chi connectivity index (χ0n) is 36.4. The van der Waals surface area contributed by atoms with Crippen molar-refractivity contribution in [2.24, 2.45) is 0 Å². The molecule has 0 heterocycles. The van der Waals surface area contributed by atoms with Crippen molar-refractivity contribution in [2.45, 2.75) is 123 Å². The SMILES string of the molecule is CC/C=C\C/C=C\C/C=C\C/C=C\C/C=C\C/C=C\CCCCC(=O)OC(COC(=O)CC/C=C\C/C=C\C/C=C\C/C=C\CC)COP(=O)([O-])OCC[N+](C)(C)C. The second-order valence-corrected chi connectivity index (χ2v) is 16.0.